The molecule has 19 heavy (non-hydrogen) atoms. The highest BCUT2D eigenvalue weighted by molar-refractivity contribution is 7.91. The van der Waals surface area contributed by atoms with E-state index in [0.29, 0.717) is 5.75 Å². The number of rotatable bonds is 12. The van der Waals surface area contributed by atoms with Crippen molar-refractivity contribution in [2.75, 3.05) is 5.75 Å². The van der Waals surface area contributed by atoms with Gasteiger partial charge in [0.2, 0.25) is 0 Å². The van der Waals surface area contributed by atoms with E-state index in [1.54, 1.807) is 13.8 Å². The van der Waals surface area contributed by atoms with E-state index in [1.165, 1.54) is 0 Å². The van der Waals surface area contributed by atoms with Crippen molar-refractivity contribution in [2.24, 2.45) is 0 Å². The van der Waals surface area contributed by atoms with Gasteiger partial charge in [-0.05, 0) is 26.7 Å². The molecule has 0 fully saturated rings. The van der Waals surface area contributed by atoms with Crippen LogP contribution in [0.15, 0.2) is 0 Å². The standard InChI is InChI=1S/C14H28O4S/c1-13(2)19(17,18)12-10-8-6-4-3-5-7-9-11-14(15)16/h13H,3-12H2,1-2H3,(H,15,16). The zero-order chi connectivity index (χ0) is 14.7. The van der Waals surface area contributed by atoms with Crippen LogP contribution in [0.25, 0.3) is 0 Å². The third-order valence-corrected chi connectivity index (χ3v) is 5.58. The van der Waals surface area contributed by atoms with E-state index in [1.807, 2.05) is 0 Å². The lowest BCUT2D eigenvalue weighted by atomic mass is 10.1. The maximum absolute atomic E-state index is 11.5. The number of hydrogen-bond acceptors (Lipinski definition) is 3. The Balaban J connectivity index is 3.31. The second-order valence-corrected chi connectivity index (χ2v) is 8.06. The third kappa shape index (κ3) is 11.0. The van der Waals surface area contributed by atoms with Crippen LogP contribution in [0.1, 0.15) is 71.6 Å². The maximum Gasteiger partial charge on any atom is 0.303 e. The van der Waals surface area contributed by atoms with Crippen LogP contribution in [0.2, 0.25) is 0 Å². The van der Waals surface area contributed by atoms with Gasteiger partial charge in [-0.15, -0.1) is 0 Å². The van der Waals surface area contributed by atoms with Gasteiger partial charge in [-0.1, -0.05) is 38.5 Å². The fourth-order valence-corrected chi connectivity index (χ4v) is 2.95. The SMILES string of the molecule is CC(C)S(=O)(=O)CCCCCCCCCCC(=O)O. The first-order valence-electron chi connectivity index (χ1n) is 7.29. The van der Waals surface area contributed by atoms with Crippen LogP contribution in [-0.4, -0.2) is 30.5 Å². The molecule has 0 rings (SSSR count). The van der Waals surface area contributed by atoms with Crippen molar-refractivity contribution in [3.63, 3.8) is 0 Å². The lowest BCUT2D eigenvalue weighted by molar-refractivity contribution is -0.137. The Hall–Kier alpha value is -0.580. The van der Waals surface area contributed by atoms with E-state index >= 15 is 0 Å². The molecule has 0 aliphatic carbocycles. The third-order valence-electron chi connectivity index (χ3n) is 3.29. The molecule has 4 nitrogen and oxygen atoms in total. The predicted molar refractivity (Wildman–Crippen MR) is 78.1 cm³/mol. The van der Waals surface area contributed by atoms with Gasteiger partial charge in [0.1, 0.15) is 0 Å². The Kier molecular flexibility index (Phi) is 9.92. The zero-order valence-electron chi connectivity index (χ0n) is 12.2. The van der Waals surface area contributed by atoms with Gasteiger partial charge < -0.3 is 5.11 Å². The topological polar surface area (TPSA) is 71.4 Å². The molecule has 1 N–H and O–H groups in total. The van der Waals surface area contributed by atoms with E-state index in [9.17, 15) is 13.2 Å². The predicted octanol–water partition coefficient (Wildman–Crippen LogP) is 3.41. The number of carbonyl (C=O) groups is 1. The molecule has 0 atom stereocenters. The lowest BCUT2D eigenvalue weighted by Gasteiger charge is -2.07. The van der Waals surface area contributed by atoms with Gasteiger partial charge in [0.15, 0.2) is 9.84 Å². The average molecular weight is 292 g/mol. The van der Waals surface area contributed by atoms with Gasteiger partial charge in [0.25, 0.3) is 0 Å². The molecule has 0 aromatic carbocycles. The van der Waals surface area contributed by atoms with Crippen molar-refractivity contribution >= 4 is 15.8 Å². The number of aliphatic carboxylic acids is 1. The highest BCUT2D eigenvalue weighted by Gasteiger charge is 2.14. The van der Waals surface area contributed by atoms with E-state index < -0.39 is 15.8 Å². The van der Waals surface area contributed by atoms with Crippen molar-refractivity contribution in [3.05, 3.63) is 0 Å². The summed E-state index contributed by atoms with van der Waals surface area (Å²) >= 11 is 0. The Morgan fingerprint density at radius 1 is 0.895 bits per heavy atom. The molecule has 0 aromatic heterocycles. The second kappa shape index (κ2) is 10.2. The first kappa shape index (κ1) is 18.4. The molecule has 0 spiro atoms. The number of unbranched alkanes of at least 4 members (excludes halogenated alkanes) is 7. The lowest BCUT2D eigenvalue weighted by Crippen LogP contribution is -2.17. The molecular weight excluding hydrogens is 264 g/mol. The summed E-state index contributed by atoms with van der Waals surface area (Å²) in [6.45, 7) is 3.46. The van der Waals surface area contributed by atoms with Crippen LogP contribution in [0.4, 0.5) is 0 Å². The molecule has 0 unspecified atom stereocenters. The number of carboxylic acids is 1. The van der Waals surface area contributed by atoms with Gasteiger partial charge in [0.05, 0.1) is 11.0 Å². The Morgan fingerprint density at radius 3 is 1.74 bits per heavy atom. The molecular formula is C14H28O4S. The summed E-state index contributed by atoms with van der Waals surface area (Å²) < 4.78 is 23.1. The second-order valence-electron chi connectivity index (χ2n) is 5.39. The van der Waals surface area contributed by atoms with Crippen LogP contribution >= 0.6 is 0 Å². The minimum atomic E-state index is -2.87. The fraction of sp³-hybridized carbons (Fsp3) is 0.929. The van der Waals surface area contributed by atoms with Crippen LogP contribution in [0.5, 0.6) is 0 Å². The average Bonchev–Trinajstić information content (AvgIpc) is 2.30. The number of hydrogen-bond donors (Lipinski definition) is 1. The summed E-state index contributed by atoms with van der Waals surface area (Å²) in [7, 11) is -2.87. The molecule has 0 radical (unpaired) electrons. The molecule has 5 heteroatoms. The molecule has 0 aliphatic rings. The summed E-state index contributed by atoms with van der Waals surface area (Å²) in [6.07, 6.45) is 8.15. The molecule has 0 heterocycles. The van der Waals surface area contributed by atoms with E-state index in [4.69, 9.17) is 5.11 Å². The summed E-state index contributed by atoms with van der Waals surface area (Å²) in [4.78, 5) is 10.3. The summed E-state index contributed by atoms with van der Waals surface area (Å²) in [5.41, 5.74) is 0. The van der Waals surface area contributed by atoms with Crippen LogP contribution < -0.4 is 0 Å². The van der Waals surface area contributed by atoms with Crippen LogP contribution in [0, 0.1) is 0 Å². The van der Waals surface area contributed by atoms with E-state index in [2.05, 4.69) is 0 Å². The van der Waals surface area contributed by atoms with Gasteiger partial charge in [0, 0.05) is 6.42 Å². The Bertz CT molecular complexity index is 333. The molecule has 0 saturated heterocycles. The largest absolute Gasteiger partial charge is 0.481 e. The molecule has 0 bridgehead atoms. The molecule has 0 aliphatic heterocycles. The highest BCUT2D eigenvalue weighted by atomic mass is 32.2. The van der Waals surface area contributed by atoms with Crippen molar-refractivity contribution in [1.29, 1.82) is 0 Å². The Morgan fingerprint density at radius 2 is 1.32 bits per heavy atom. The van der Waals surface area contributed by atoms with Gasteiger partial charge in [-0.3, -0.25) is 4.79 Å². The monoisotopic (exact) mass is 292 g/mol. The fourth-order valence-electron chi connectivity index (χ4n) is 1.88. The highest BCUT2D eigenvalue weighted by Crippen LogP contribution is 2.11. The van der Waals surface area contributed by atoms with Crippen molar-refractivity contribution in [1.82, 2.24) is 0 Å². The van der Waals surface area contributed by atoms with Crippen molar-refractivity contribution < 1.29 is 18.3 Å². The van der Waals surface area contributed by atoms with Gasteiger partial charge in [-0.25, -0.2) is 8.42 Å². The van der Waals surface area contributed by atoms with E-state index in [-0.39, 0.29) is 11.7 Å². The molecule has 0 aromatic rings. The molecule has 0 amide bonds. The smallest absolute Gasteiger partial charge is 0.303 e. The normalized spacial score (nSPS) is 11.9. The summed E-state index contributed by atoms with van der Waals surface area (Å²) in [5, 5.41) is 8.21. The number of carboxylic acid groups (broad SMARTS) is 1. The minimum absolute atomic E-state index is 0.262. The van der Waals surface area contributed by atoms with Crippen molar-refractivity contribution in [2.45, 2.75) is 76.9 Å². The summed E-state index contributed by atoms with van der Waals surface area (Å²) in [6, 6.07) is 0. The van der Waals surface area contributed by atoms with Crippen molar-refractivity contribution in [3.8, 4) is 0 Å². The zero-order valence-corrected chi connectivity index (χ0v) is 13.0. The minimum Gasteiger partial charge on any atom is -0.481 e. The van der Waals surface area contributed by atoms with Gasteiger partial charge >= 0.3 is 5.97 Å². The molecule has 114 valence electrons. The summed E-state index contributed by atoms with van der Waals surface area (Å²) in [5.74, 6) is -0.408. The maximum atomic E-state index is 11.5. The Labute approximate surface area is 117 Å². The van der Waals surface area contributed by atoms with E-state index in [0.717, 1.165) is 51.4 Å². The first-order valence-corrected chi connectivity index (χ1v) is 9.01. The first-order chi connectivity index (χ1) is 8.86. The van der Waals surface area contributed by atoms with Crippen LogP contribution in [-0.2, 0) is 14.6 Å². The molecule has 0 saturated carbocycles. The van der Waals surface area contributed by atoms with Crippen LogP contribution in [0.3, 0.4) is 0 Å². The van der Waals surface area contributed by atoms with Gasteiger partial charge in [-0.2, -0.15) is 0 Å². The number of sulfone groups is 1. The quantitative estimate of drug-likeness (QED) is 0.560.